The Bertz CT molecular complexity index is 920. The number of aryl methyl sites for hydroxylation is 1. The van der Waals surface area contributed by atoms with E-state index < -0.39 is 5.41 Å². The maximum atomic E-state index is 10.2. The summed E-state index contributed by atoms with van der Waals surface area (Å²) in [6, 6.07) is 14.9. The van der Waals surface area contributed by atoms with Crippen molar-refractivity contribution in [2.45, 2.75) is 45.4 Å². The quantitative estimate of drug-likeness (QED) is 0.444. The molecule has 5 heteroatoms. The van der Waals surface area contributed by atoms with Crippen molar-refractivity contribution in [2.75, 3.05) is 41.5 Å². The van der Waals surface area contributed by atoms with Crippen LogP contribution in [0.2, 0.25) is 0 Å². The number of hydrogen-bond acceptors (Lipinski definition) is 5. The van der Waals surface area contributed by atoms with E-state index in [4.69, 9.17) is 14.2 Å². The average molecular weight is 439 g/mol. The first-order valence-corrected chi connectivity index (χ1v) is 11.3. The summed E-state index contributed by atoms with van der Waals surface area (Å²) in [5.41, 5.74) is 2.83. The lowest BCUT2D eigenvalue weighted by Gasteiger charge is -2.32. The first-order valence-electron chi connectivity index (χ1n) is 11.3. The summed E-state index contributed by atoms with van der Waals surface area (Å²) in [7, 11) is 7.13. The molecule has 2 aromatic carbocycles. The minimum atomic E-state index is -0.523. The van der Waals surface area contributed by atoms with E-state index in [1.54, 1.807) is 21.3 Å². The zero-order chi connectivity index (χ0) is 23.7. The third-order valence-electron chi connectivity index (χ3n) is 6.45. The molecule has 2 rings (SSSR count). The van der Waals surface area contributed by atoms with Gasteiger partial charge in [-0.3, -0.25) is 0 Å². The first kappa shape index (κ1) is 25.5. The summed E-state index contributed by atoms with van der Waals surface area (Å²) in [6.45, 7) is 8.17. The van der Waals surface area contributed by atoms with Gasteiger partial charge in [-0.2, -0.15) is 5.26 Å². The molecular weight excluding hydrogens is 400 g/mol. The Kier molecular flexibility index (Phi) is 9.41. The van der Waals surface area contributed by atoms with Crippen molar-refractivity contribution in [3.8, 4) is 23.3 Å². The van der Waals surface area contributed by atoms with Crippen LogP contribution in [0.4, 0.5) is 0 Å². The predicted molar refractivity (Wildman–Crippen MR) is 130 cm³/mol. The lowest BCUT2D eigenvalue weighted by Crippen LogP contribution is -2.32. The molecule has 0 aliphatic heterocycles. The number of benzene rings is 2. The number of nitriles is 1. The molecule has 32 heavy (non-hydrogen) atoms. The fraction of sp³-hybridized carbons (Fsp3) is 0.519. The second kappa shape index (κ2) is 11.8. The van der Waals surface area contributed by atoms with Crippen molar-refractivity contribution >= 4 is 0 Å². The van der Waals surface area contributed by atoms with E-state index in [-0.39, 0.29) is 5.92 Å². The van der Waals surface area contributed by atoms with Crippen LogP contribution in [-0.2, 0) is 11.8 Å². The van der Waals surface area contributed by atoms with Gasteiger partial charge in [0, 0.05) is 6.54 Å². The van der Waals surface area contributed by atoms with Gasteiger partial charge in [0.25, 0.3) is 0 Å². The predicted octanol–water partition coefficient (Wildman–Crippen LogP) is 5.39. The standard InChI is InChI=1S/C27H38N2O3/c1-20(2)27(19-28,23-11-9-21(3)25(18-23)31-6)14-8-15-29(4)16-13-22-10-12-24(30-5)26(17-22)32-7/h9-12,17-18,20H,8,13-16H2,1-7H3. The van der Waals surface area contributed by atoms with Crippen LogP contribution >= 0.6 is 0 Å². The molecule has 2 aromatic rings. The van der Waals surface area contributed by atoms with E-state index >= 15 is 0 Å². The smallest absolute Gasteiger partial charge is 0.160 e. The van der Waals surface area contributed by atoms with Gasteiger partial charge < -0.3 is 19.1 Å². The van der Waals surface area contributed by atoms with Gasteiger partial charge in [0.05, 0.1) is 32.8 Å². The molecule has 0 amide bonds. The van der Waals surface area contributed by atoms with E-state index in [0.717, 1.165) is 60.7 Å². The Labute approximate surface area is 193 Å². The third kappa shape index (κ3) is 5.95. The molecule has 0 aliphatic carbocycles. The number of rotatable bonds is 12. The van der Waals surface area contributed by atoms with E-state index in [9.17, 15) is 5.26 Å². The fourth-order valence-corrected chi connectivity index (χ4v) is 4.21. The highest BCUT2D eigenvalue weighted by Gasteiger charge is 2.36. The van der Waals surface area contributed by atoms with Gasteiger partial charge in [-0.15, -0.1) is 0 Å². The summed E-state index contributed by atoms with van der Waals surface area (Å²) < 4.78 is 16.2. The van der Waals surface area contributed by atoms with E-state index in [0.29, 0.717) is 0 Å². The molecule has 0 spiro atoms. The minimum absolute atomic E-state index is 0.206. The summed E-state index contributed by atoms with van der Waals surface area (Å²) in [5, 5.41) is 10.2. The molecule has 0 saturated heterocycles. The van der Waals surface area contributed by atoms with Gasteiger partial charge >= 0.3 is 0 Å². The van der Waals surface area contributed by atoms with Crippen molar-refractivity contribution in [3.05, 3.63) is 53.1 Å². The lowest BCUT2D eigenvalue weighted by atomic mass is 9.69. The second-order valence-corrected chi connectivity index (χ2v) is 8.77. The maximum absolute atomic E-state index is 10.2. The molecule has 0 aliphatic rings. The molecule has 0 bridgehead atoms. The Morgan fingerprint density at radius 3 is 2.22 bits per heavy atom. The van der Waals surface area contributed by atoms with Crippen LogP contribution in [0.1, 0.15) is 43.4 Å². The molecule has 5 nitrogen and oxygen atoms in total. The number of nitrogens with zero attached hydrogens (tertiary/aromatic N) is 2. The maximum Gasteiger partial charge on any atom is 0.160 e. The molecule has 0 fully saturated rings. The van der Waals surface area contributed by atoms with Crippen molar-refractivity contribution in [3.63, 3.8) is 0 Å². The number of methoxy groups -OCH3 is 3. The Morgan fingerprint density at radius 2 is 1.62 bits per heavy atom. The molecule has 0 radical (unpaired) electrons. The highest BCUT2D eigenvalue weighted by Crippen LogP contribution is 2.38. The van der Waals surface area contributed by atoms with Crippen molar-refractivity contribution in [1.29, 1.82) is 5.26 Å². The van der Waals surface area contributed by atoms with Crippen LogP contribution in [0.25, 0.3) is 0 Å². The SMILES string of the molecule is COc1cc(C(C#N)(CCCN(C)CCc2ccc(OC)c(OC)c2)C(C)C)ccc1C. The summed E-state index contributed by atoms with van der Waals surface area (Å²) in [6.07, 6.45) is 2.69. The van der Waals surface area contributed by atoms with Crippen LogP contribution in [0.3, 0.4) is 0 Å². The van der Waals surface area contributed by atoms with Gasteiger partial charge in [-0.05, 0) is 80.6 Å². The zero-order valence-corrected chi connectivity index (χ0v) is 20.7. The summed E-state index contributed by atoms with van der Waals surface area (Å²) >= 11 is 0. The monoisotopic (exact) mass is 438 g/mol. The lowest BCUT2D eigenvalue weighted by molar-refractivity contribution is 0.293. The summed E-state index contributed by atoms with van der Waals surface area (Å²) in [4.78, 5) is 2.33. The van der Waals surface area contributed by atoms with E-state index in [2.05, 4.69) is 50.1 Å². The first-order chi connectivity index (χ1) is 15.3. The van der Waals surface area contributed by atoms with Crippen LogP contribution < -0.4 is 14.2 Å². The summed E-state index contributed by atoms with van der Waals surface area (Å²) in [5.74, 6) is 2.56. The van der Waals surface area contributed by atoms with Crippen LogP contribution in [0.5, 0.6) is 17.2 Å². The molecule has 174 valence electrons. The molecule has 0 heterocycles. The van der Waals surface area contributed by atoms with Gasteiger partial charge in [0.1, 0.15) is 5.75 Å². The van der Waals surface area contributed by atoms with Gasteiger partial charge in [-0.25, -0.2) is 0 Å². The molecular formula is C27H38N2O3. The Balaban J connectivity index is 2.00. The fourth-order valence-electron chi connectivity index (χ4n) is 4.21. The topological polar surface area (TPSA) is 54.7 Å². The number of ether oxygens (including phenoxy) is 3. The van der Waals surface area contributed by atoms with Crippen LogP contribution in [0.15, 0.2) is 36.4 Å². The largest absolute Gasteiger partial charge is 0.496 e. The van der Waals surface area contributed by atoms with Gasteiger partial charge in [-0.1, -0.05) is 32.0 Å². The van der Waals surface area contributed by atoms with Crippen molar-refractivity contribution < 1.29 is 14.2 Å². The van der Waals surface area contributed by atoms with E-state index in [1.165, 1.54) is 5.56 Å². The van der Waals surface area contributed by atoms with Crippen LogP contribution in [0, 0.1) is 24.2 Å². The van der Waals surface area contributed by atoms with E-state index in [1.807, 2.05) is 25.1 Å². The van der Waals surface area contributed by atoms with Crippen LogP contribution in [-0.4, -0.2) is 46.4 Å². The van der Waals surface area contributed by atoms with Gasteiger partial charge in [0.2, 0.25) is 0 Å². The Hall–Kier alpha value is -2.71. The molecule has 1 unspecified atom stereocenters. The normalized spacial score (nSPS) is 13.0. The highest BCUT2D eigenvalue weighted by molar-refractivity contribution is 5.44. The molecule has 0 N–H and O–H groups in total. The molecule has 1 atom stereocenters. The molecule has 0 saturated carbocycles. The Morgan fingerprint density at radius 1 is 0.938 bits per heavy atom. The zero-order valence-electron chi connectivity index (χ0n) is 20.7. The average Bonchev–Trinajstić information content (AvgIpc) is 2.80. The third-order valence-corrected chi connectivity index (χ3v) is 6.45. The van der Waals surface area contributed by atoms with Crippen molar-refractivity contribution in [1.82, 2.24) is 4.90 Å². The highest BCUT2D eigenvalue weighted by atomic mass is 16.5. The second-order valence-electron chi connectivity index (χ2n) is 8.77. The number of likely N-dealkylation sites (N-methyl/N-ethyl adjacent to an activating group) is 1. The number of hydrogen-bond donors (Lipinski definition) is 0. The minimum Gasteiger partial charge on any atom is -0.496 e. The van der Waals surface area contributed by atoms with Crippen molar-refractivity contribution in [2.24, 2.45) is 5.92 Å². The van der Waals surface area contributed by atoms with Gasteiger partial charge in [0.15, 0.2) is 11.5 Å². The molecule has 0 aromatic heterocycles.